The minimum absolute atomic E-state index is 0.0630. The number of aromatic nitrogens is 1. The number of sulfone groups is 1. The third-order valence-electron chi connectivity index (χ3n) is 5.92. The second kappa shape index (κ2) is 7.96. The van der Waals surface area contributed by atoms with Crippen molar-refractivity contribution in [2.45, 2.75) is 25.4 Å². The number of rotatable bonds is 4. The third-order valence-corrected chi connectivity index (χ3v) is 7.67. The molecule has 160 valence electrons. The molecule has 1 atom stereocenters. The fraction of sp³-hybridized carbons (Fsp3) is 0.429. The minimum Gasteiger partial charge on any atom is -0.337 e. The molecule has 4 rings (SSSR count). The van der Waals surface area contributed by atoms with Crippen LogP contribution in [0.1, 0.15) is 17.5 Å². The van der Waals surface area contributed by atoms with Gasteiger partial charge in [0.05, 0.1) is 18.1 Å². The van der Waals surface area contributed by atoms with Crippen molar-refractivity contribution in [2.75, 3.05) is 31.6 Å². The van der Waals surface area contributed by atoms with Crippen LogP contribution in [-0.2, 0) is 27.6 Å². The molecule has 1 amide bonds. The van der Waals surface area contributed by atoms with Gasteiger partial charge in [0.15, 0.2) is 9.84 Å². The molecule has 0 radical (unpaired) electrons. The number of fused-ring (bicyclic) bond motifs is 1. The smallest absolute Gasteiger partial charge is 0.255 e. The second-order valence-corrected chi connectivity index (χ2v) is 10.3. The van der Waals surface area contributed by atoms with Crippen molar-refractivity contribution in [1.82, 2.24) is 14.4 Å². The van der Waals surface area contributed by atoms with Crippen LogP contribution in [0.3, 0.4) is 0 Å². The van der Waals surface area contributed by atoms with E-state index in [1.165, 1.54) is 16.7 Å². The lowest BCUT2D eigenvalue weighted by Crippen LogP contribution is -2.45. The predicted molar refractivity (Wildman–Crippen MR) is 111 cm³/mol. The van der Waals surface area contributed by atoms with Crippen molar-refractivity contribution < 1.29 is 17.6 Å². The quantitative estimate of drug-likeness (QED) is 0.718. The molecule has 9 heteroatoms. The van der Waals surface area contributed by atoms with Crippen molar-refractivity contribution >= 4 is 15.7 Å². The number of halogens is 1. The van der Waals surface area contributed by atoms with Crippen LogP contribution in [-0.4, -0.2) is 66.4 Å². The normalized spacial score (nSPS) is 20.4. The molecule has 0 bridgehead atoms. The number of hydrogen-bond acceptors (Lipinski definition) is 5. The predicted octanol–water partition coefficient (Wildman–Crippen LogP) is 0.980. The number of amides is 1. The Morgan fingerprint density at radius 3 is 2.63 bits per heavy atom. The number of carbonyl (C=O) groups is 1. The Morgan fingerprint density at radius 1 is 1.23 bits per heavy atom. The van der Waals surface area contributed by atoms with Gasteiger partial charge in [-0.1, -0.05) is 0 Å². The van der Waals surface area contributed by atoms with E-state index in [9.17, 15) is 22.4 Å². The number of hydrogen-bond donors (Lipinski definition) is 0. The molecule has 1 fully saturated rings. The molecule has 7 nitrogen and oxygen atoms in total. The molecule has 30 heavy (non-hydrogen) atoms. The van der Waals surface area contributed by atoms with E-state index < -0.39 is 9.84 Å². The summed E-state index contributed by atoms with van der Waals surface area (Å²) in [6, 6.07) is 7.14. The number of pyridine rings is 1. The van der Waals surface area contributed by atoms with Crippen LogP contribution in [0.25, 0.3) is 5.69 Å². The molecule has 1 saturated heterocycles. The largest absolute Gasteiger partial charge is 0.337 e. The maximum Gasteiger partial charge on any atom is 0.255 e. The summed E-state index contributed by atoms with van der Waals surface area (Å²) < 4.78 is 38.1. The van der Waals surface area contributed by atoms with Crippen LogP contribution in [0.5, 0.6) is 0 Å². The molecule has 2 aliphatic rings. The molecular weight excluding hydrogens is 409 g/mol. The van der Waals surface area contributed by atoms with Crippen molar-refractivity contribution in [3.63, 3.8) is 0 Å². The van der Waals surface area contributed by atoms with Crippen molar-refractivity contribution in [3.8, 4) is 5.69 Å². The van der Waals surface area contributed by atoms with Crippen molar-refractivity contribution in [3.05, 3.63) is 63.8 Å². The molecule has 2 aromatic rings. The van der Waals surface area contributed by atoms with Gasteiger partial charge < -0.3 is 4.90 Å². The number of benzene rings is 1. The number of carbonyl (C=O) groups excluding carboxylic acids is 1. The highest BCUT2D eigenvalue weighted by atomic mass is 32.2. The highest BCUT2D eigenvalue weighted by molar-refractivity contribution is 7.91. The van der Waals surface area contributed by atoms with Gasteiger partial charge in [-0.2, -0.15) is 0 Å². The second-order valence-electron chi connectivity index (χ2n) is 8.05. The molecule has 1 aromatic carbocycles. The van der Waals surface area contributed by atoms with Gasteiger partial charge in [-0.3, -0.25) is 19.1 Å². The Kier molecular flexibility index (Phi) is 5.50. The van der Waals surface area contributed by atoms with Crippen LogP contribution in [0.2, 0.25) is 0 Å². The lowest BCUT2D eigenvalue weighted by Gasteiger charge is -2.32. The average Bonchev–Trinajstić information content (AvgIpc) is 3.08. The Labute approximate surface area is 174 Å². The third kappa shape index (κ3) is 4.32. The van der Waals surface area contributed by atoms with E-state index in [1.807, 2.05) is 4.90 Å². The van der Waals surface area contributed by atoms with E-state index in [0.29, 0.717) is 31.6 Å². The summed E-state index contributed by atoms with van der Waals surface area (Å²) in [6.45, 7) is 1.06. The summed E-state index contributed by atoms with van der Waals surface area (Å²) in [5, 5.41) is 0. The fourth-order valence-electron chi connectivity index (χ4n) is 4.11. The molecule has 0 saturated carbocycles. The first-order valence-electron chi connectivity index (χ1n) is 9.91. The maximum atomic E-state index is 13.2. The van der Waals surface area contributed by atoms with E-state index in [4.69, 9.17) is 0 Å². The van der Waals surface area contributed by atoms with Crippen molar-refractivity contribution in [2.24, 2.45) is 0 Å². The fourth-order valence-corrected chi connectivity index (χ4v) is 5.92. The Hall–Kier alpha value is -2.52. The summed E-state index contributed by atoms with van der Waals surface area (Å²) in [7, 11) is -1.22. The SMILES string of the molecule is CN(CC(=O)N1CCc2cc(=O)n(-c3ccc(F)cc3)cc2C1)C1CCS(=O)(=O)C1. The van der Waals surface area contributed by atoms with E-state index >= 15 is 0 Å². The first-order valence-corrected chi connectivity index (χ1v) is 11.7. The molecule has 3 heterocycles. The maximum absolute atomic E-state index is 13.2. The summed E-state index contributed by atoms with van der Waals surface area (Å²) in [4.78, 5) is 28.8. The van der Waals surface area contributed by atoms with Gasteiger partial charge in [0.25, 0.3) is 5.56 Å². The summed E-state index contributed by atoms with van der Waals surface area (Å²) >= 11 is 0. The first-order chi connectivity index (χ1) is 14.2. The molecule has 0 aliphatic carbocycles. The molecule has 1 aromatic heterocycles. The van der Waals surface area contributed by atoms with Gasteiger partial charge in [0.2, 0.25) is 5.91 Å². The first kappa shape index (κ1) is 20.7. The van der Waals surface area contributed by atoms with Crippen LogP contribution in [0.4, 0.5) is 4.39 Å². The average molecular weight is 434 g/mol. The zero-order valence-electron chi connectivity index (χ0n) is 16.8. The number of nitrogens with zero attached hydrogens (tertiary/aromatic N) is 3. The van der Waals surface area contributed by atoms with E-state index in [-0.39, 0.29) is 41.4 Å². The van der Waals surface area contributed by atoms with Crippen LogP contribution in [0, 0.1) is 5.82 Å². The minimum atomic E-state index is -3.00. The van der Waals surface area contributed by atoms with Crippen LogP contribution < -0.4 is 5.56 Å². The highest BCUT2D eigenvalue weighted by Crippen LogP contribution is 2.20. The van der Waals surface area contributed by atoms with Crippen molar-refractivity contribution in [1.29, 1.82) is 0 Å². The van der Waals surface area contributed by atoms with Gasteiger partial charge >= 0.3 is 0 Å². The summed E-state index contributed by atoms with van der Waals surface area (Å²) in [5.41, 5.74) is 2.17. The Morgan fingerprint density at radius 2 is 1.97 bits per heavy atom. The standard InChI is InChI=1S/C21H24FN3O4S/c1-23(19-7-9-30(28,29)14-19)13-21(27)24-8-6-15-10-20(26)25(12-16(15)11-24)18-4-2-17(22)3-5-18/h2-5,10,12,19H,6-9,11,13-14H2,1H3. The topological polar surface area (TPSA) is 79.7 Å². The van der Waals surface area contributed by atoms with E-state index in [0.717, 1.165) is 11.1 Å². The summed E-state index contributed by atoms with van der Waals surface area (Å²) in [5.74, 6) is -0.162. The highest BCUT2D eigenvalue weighted by Gasteiger charge is 2.32. The molecule has 0 N–H and O–H groups in total. The van der Waals surface area contributed by atoms with Gasteiger partial charge in [-0.05, 0) is 55.3 Å². The zero-order chi connectivity index (χ0) is 21.5. The molecule has 1 unspecified atom stereocenters. The van der Waals surface area contributed by atoms with E-state index in [1.54, 1.807) is 36.3 Å². The zero-order valence-corrected chi connectivity index (χ0v) is 17.6. The van der Waals surface area contributed by atoms with E-state index in [2.05, 4.69) is 0 Å². The molecular formula is C21H24FN3O4S. The molecule has 0 spiro atoms. The lowest BCUT2D eigenvalue weighted by atomic mass is 10.0. The Bertz CT molecular complexity index is 1130. The van der Waals surface area contributed by atoms with Crippen LogP contribution in [0.15, 0.2) is 41.3 Å². The number of likely N-dealkylation sites (N-methyl/N-ethyl adjacent to an activating group) is 1. The van der Waals surface area contributed by atoms with Gasteiger partial charge in [0.1, 0.15) is 5.82 Å². The van der Waals surface area contributed by atoms with Gasteiger partial charge in [0, 0.05) is 37.1 Å². The lowest BCUT2D eigenvalue weighted by molar-refractivity contribution is -0.133. The molecule has 2 aliphatic heterocycles. The van der Waals surface area contributed by atoms with Crippen LogP contribution >= 0.6 is 0 Å². The summed E-state index contributed by atoms with van der Waals surface area (Å²) in [6.07, 6.45) is 2.86. The Balaban J connectivity index is 1.48. The van der Waals surface area contributed by atoms with Gasteiger partial charge in [-0.25, -0.2) is 12.8 Å². The van der Waals surface area contributed by atoms with Gasteiger partial charge in [-0.15, -0.1) is 0 Å². The monoisotopic (exact) mass is 433 g/mol.